The normalized spacial score (nSPS) is 32.3. The van der Waals surface area contributed by atoms with Crippen molar-refractivity contribution in [3.8, 4) is 0 Å². The van der Waals surface area contributed by atoms with Crippen LogP contribution in [0.4, 0.5) is 0 Å². The fourth-order valence-electron chi connectivity index (χ4n) is 1.45. The monoisotopic (exact) mass is 185 g/mol. The molecular formula is C9H15NO3. The first-order valence-corrected chi connectivity index (χ1v) is 4.86. The maximum atomic E-state index is 5.37. The molecule has 13 heavy (non-hydrogen) atoms. The van der Waals surface area contributed by atoms with Crippen molar-refractivity contribution in [1.29, 1.82) is 0 Å². The van der Waals surface area contributed by atoms with Crippen LogP contribution >= 0.6 is 0 Å². The Labute approximate surface area is 77.8 Å². The van der Waals surface area contributed by atoms with E-state index in [4.69, 9.17) is 14.3 Å². The van der Waals surface area contributed by atoms with Gasteiger partial charge in [-0.05, 0) is 12.8 Å². The van der Waals surface area contributed by atoms with E-state index in [1.807, 2.05) is 0 Å². The van der Waals surface area contributed by atoms with Crippen molar-refractivity contribution in [2.24, 2.45) is 5.16 Å². The third-order valence-electron chi connectivity index (χ3n) is 2.24. The number of oxime groups is 1. The molecule has 4 heteroatoms. The summed E-state index contributed by atoms with van der Waals surface area (Å²) in [5.74, 6) is 0. The van der Waals surface area contributed by atoms with Gasteiger partial charge in [0.1, 0.15) is 0 Å². The standard InChI is InChI=1S/C9H15NO3/c1-2-5-12-9(3-1)13-10-8-4-6-11-7-8/h9H,1-7H2/b10-8+. The predicted octanol–water partition coefficient (Wildman–Crippen LogP) is 1.31. The lowest BCUT2D eigenvalue weighted by Crippen LogP contribution is -2.20. The van der Waals surface area contributed by atoms with Gasteiger partial charge in [0, 0.05) is 12.8 Å². The number of ether oxygens (including phenoxy) is 2. The van der Waals surface area contributed by atoms with E-state index in [0.29, 0.717) is 6.61 Å². The summed E-state index contributed by atoms with van der Waals surface area (Å²) in [7, 11) is 0. The average molecular weight is 185 g/mol. The third kappa shape index (κ3) is 2.67. The lowest BCUT2D eigenvalue weighted by atomic mass is 10.2. The van der Waals surface area contributed by atoms with E-state index in [-0.39, 0.29) is 6.29 Å². The van der Waals surface area contributed by atoms with Crippen LogP contribution in [0.5, 0.6) is 0 Å². The molecule has 0 aromatic rings. The van der Waals surface area contributed by atoms with Gasteiger partial charge in [-0.2, -0.15) is 0 Å². The second-order valence-electron chi connectivity index (χ2n) is 3.36. The van der Waals surface area contributed by atoms with Crippen molar-refractivity contribution >= 4 is 5.71 Å². The molecule has 0 amide bonds. The second-order valence-corrected chi connectivity index (χ2v) is 3.36. The Morgan fingerprint density at radius 1 is 1.31 bits per heavy atom. The number of hydrogen-bond acceptors (Lipinski definition) is 4. The molecule has 74 valence electrons. The Morgan fingerprint density at radius 2 is 2.31 bits per heavy atom. The van der Waals surface area contributed by atoms with Crippen LogP contribution in [0.25, 0.3) is 0 Å². The minimum atomic E-state index is -0.123. The number of hydrogen-bond donors (Lipinski definition) is 0. The van der Waals surface area contributed by atoms with Crippen LogP contribution in [-0.4, -0.2) is 31.8 Å². The smallest absolute Gasteiger partial charge is 0.226 e. The van der Waals surface area contributed by atoms with E-state index >= 15 is 0 Å². The van der Waals surface area contributed by atoms with Crippen molar-refractivity contribution in [2.45, 2.75) is 32.0 Å². The highest BCUT2D eigenvalue weighted by atomic mass is 16.8. The van der Waals surface area contributed by atoms with Crippen LogP contribution in [0.3, 0.4) is 0 Å². The van der Waals surface area contributed by atoms with Crippen molar-refractivity contribution in [1.82, 2.24) is 0 Å². The Kier molecular flexibility index (Phi) is 3.16. The first-order chi connectivity index (χ1) is 6.45. The molecule has 1 atom stereocenters. The molecule has 0 saturated carbocycles. The highest BCUT2D eigenvalue weighted by Gasteiger charge is 2.16. The van der Waals surface area contributed by atoms with Crippen LogP contribution in [0, 0.1) is 0 Å². The van der Waals surface area contributed by atoms with Crippen LogP contribution in [0.15, 0.2) is 5.16 Å². The molecular weight excluding hydrogens is 170 g/mol. The summed E-state index contributed by atoms with van der Waals surface area (Å²) in [6.07, 6.45) is 4.04. The van der Waals surface area contributed by atoms with E-state index in [1.165, 1.54) is 6.42 Å². The zero-order valence-electron chi connectivity index (χ0n) is 7.70. The van der Waals surface area contributed by atoms with Crippen molar-refractivity contribution in [3.63, 3.8) is 0 Å². The molecule has 2 heterocycles. The van der Waals surface area contributed by atoms with Gasteiger partial charge in [-0.15, -0.1) is 0 Å². The lowest BCUT2D eigenvalue weighted by Gasteiger charge is -2.20. The molecule has 2 aliphatic heterocycles. The van der Waals surface area contributed by atoms with Crippen LogP contribution < -0.4 is 0 Å². The van der Waals surface area contributed by atoms with Crippen molar-refractivity contribution in [2.75, 3.05) is 19.8 Å². The average Bonchev–Trinajstić information content (AvgIpc) is 2.69. The number of rotatable bonds is 2. The highest BCUT2D eigenvalue weighted by Crippen LogP contribution is 2.14. The summed E-state index contributed by atoms with van der Waals surface area (Å²) >= 11 is 0. The summed E-state index contributed by atoms with van der Waals surface area (Å²) < 4.78 is 10.5. The Balaban J connectivity index is 1.73. The lowest BCUT2D eigenvalue weighted by molar-refractivity contribution is -0.162. The molecule has 0 bridgehead atoms. The van der Waals surface area contributed by atoms with E-state index < -0.39 is 0 Å². The van der Waals surface area contributed by atoms with Gasteiger partial charge in [0.2, 0.25) is 6.29 Å². The van der Waals surface area contributed by atoms with Gasteiger partial charge in [-0.25, -0.2) is 0 Å². The van der Waals surface area contributed by atoms with Gasteiger partial charge in [-0.3, -0.25) is 0 Å². The Morgan fingerprint density at radius 3 is 3.00 bits per heavy atom. The molecule has 0 radical (unpaired) electrons. The zero-order valence-corrected chi connectivity index (χ0v) is 7.70. The van der Waals surface area contributed by atoms with Crippen molar-refractivity contribution in [3.05, 3.63) is 0 Å². The Bertz CT molecular complexity index is 179. The van der Waals surface area contributed by atoms with Gasteiger partial charge in [0.15, 0.2) is 0 Å². The Hall–Kier alpha value is -0.610. The van der Waals surface area contributed by atoms with E-state index in [0.717, 1.165) is 38.2 Å². The fourth-order valence-corrected chi connectivity index (χ4v) is 1.45. The minimum absolute atomic E-state index is 0.123. The molecule has 0 spiro atoms. The van der Waals surface area contributed by atoms with Gasteiger partial charge in [0.25, 0.3) is 0 Å². The molecule has 2 saturated heterocycles. The summed E-state index contributed by atoms with van der Waals surface area (Å²) in [6, 6.07) is 0. The first kappa shape index (κ1) is 8.97. The van der Waals surface area contributed by atoms with Gasteiger partial charge in [0.05, 0.1) is 25.5 Å². The quantitative estimate of drug-likeness (QED) is 0.609. The van der Waals surface area contributed by atoms with E-state index in [2.05, 4.69) is 5.16 Å². The highest BCUT2D eigenvalue weighted by molar-refractivity contribution is 5.86. The maximum absolute atomic E-state index is 5.37. The molecule has 2 fully saturated rings. The van der Waals surface area contributed by atoms with E-state index in [1.54, 1.807) is 0 Å². The minimum Gasteiger partial charge on any atom is -0.375 e. The van der Waals surface area contributed by atoms with Crippen LogP contribution in [0.2, 0.25) is 0 Å². The zero-order chi connectivity index (χ0) is 8.93. The SMILES string of the molecule is C1CCC(O/N=C2\CCOC2)OC1. The molecule has 1 unspecified atom stereocenters. The van der Waals surface area contributed by atoms with Gasteiger partial charge in [-0.1, -0.05) is 5.16 Å². The molecule has 2 rings (SSSR count). The predicted molar refractivity (Wildman–Crippen MR) is 47.5 cm³/mol. The molecule has 0 aliphatic carbocycles. The molecule has 2 aliphatic rings. The van der Waals surface area contributed by atoms with Gasteiger partial charge < -0.3 is 14.3 Å². The number of nitrogens with zero attached hydrogens (tertiary/aromatic N) is 1. The van der Waals surface area contributed by atoms with Crippen LogP contribution in [-0.2, 0) is 14.3 Å². The second kappa shape index (κ2) is 4.58. The summed E-state index contributed by atoms with van der Waals surface area (Å²) in [5.41, 5.74) is 0.995. The molecule has 0 aromatic heterocycles. The first-order valence-electron chi connectivity index (χ1n) is 4.86. The maximum Gasteiger partial charge on any atom is 0.226 e. The van der Waals surface area contributed by atoms with Gasteiger partial charge >= 0.3 is 0 Å². The summed E-state index contributed by atoms with van der Waals surface area (Å²) in [5, 5.41) is 4.01. The largest absolute Gasteiger partial charge is 0.375 e. The summed E-state index contributed by atoms with van der Waals surface area (Å²) in [4.78, 5) is 5.25. The fraction of sp³-hybridized carbons (Fsp3) is 0.889. The van der Waals surface area contributed by atoms with E-state index in [9.17, 15) is 0 Å². The summed E-state index contributed by atoms with van der Waals surface area (Å²) in [6.45, 7) is 2.19. The van der Waals surface area contributed by atoms with Crippen molar-refractivity contribution < 1.29 is 14.3 Å². The topological polar surface area (TPSA) is 40.0 Å². The molecule has 4 nitrogen and oxygen atoms in total. The molecule has 0 aromatic carbocycles. The molecule has 0 N–H and O–H groups in total. The third-order valence-corrected chi connectivity index (χ3v) is 2.24. The van der Waals surface area contributed by atoms with Crippen LogP contribution in [0.1, 0.15) is 25.7 Å².